The van der Waals surface area contributed by atoms with Crippen LogP contribution in [0.4, 0.5) is 5.69 Å². The highest BCUT2D eigenvalue weighted by Gasteiger charge is 2.07. The molecule has 2 aromatic carbocycles. The van der Waals surface area contributed by atoms with Crippen molar-refractivity contribution < 1.29 is 19.4 Å². The molecule has 0 atom stereocenters. The van der Waals surface area contributed by atoms with Crippen molar-refractivity contribution in [2.24, 2.45) is 0 Å². The van der Waals surface area contributed by atoms with E-state index in [9.17, 15) is 9.59 Å². The molecule has 0 bridgehead atoms. The number of carboxylic acids is 1. The van der Waals surface area contributed by atoms with Gasteiger partial charge in [0.1, 0.15) is 12.4 Å². The number of amides is 1. The quantitative estimate of drug-likeness (QED) is 0.592. The Morgan fingerprint density at radius 1 is 1.12 bits per heavy atom. The standard InChI is InChI=1S/C20H19NO4/c1-3-12-25-18-10-4-15(5-11-18)13-14(2)19(22)21-17-8-6-16(7-9-17)20(23)24/h3-11,13H,1,12H2,2H3,(H,21,22)(H,23,24)/b14-13+. The minimum atomic E-state index is -1.01. The summed E-state index contributed by atoms with van der Waals surface area (Å²) in [6.07, 6.45) is 3.43. The zero-order valence-corrected chi connectivity index (χ0v) is 13.9. The van der Waals surface area contributed by atoms with Crippen molar-refractivity contribution in [3.8, 4) is 5.75 Å². The number of carboxylic acid groups (broad SMARTS) is 1. The van der Waals surface area contributed by atoms with Crippen LogP contribution in [-0.4, -0.2) is 23.6 Å². The predicted octanol–water partition coefficient (Wildman–Crippen LogP) is 3.99. The van der Waals surface area contributed by atoms with E-state index < -0.39 is 5.97 Å². The lowest BCUT2D eigenvalue weighted by Crippen LogP contribution is -2.12. The molecule has 0 aliphatic rings. The van der Waals surface area contributed by atoms with Crippen molar-refractivity contribution in [3.63, 3.8) is 0 Å². The van der Waals surface area contributed by atoms with Crippen LogP contribution in [0.2, 0.25) is 0 Å². The Bertz CT molecular complexity index is 789. The van der Waals surface area contributed by atoms with Gasteiger partial charge in [0.05, 0.1) is 5.56 Å². The summed E-state index contributed by atoms with van der Waals surface area (Å²) < 4.78 is 5.41. The summed E-state index contributed by atoms with van der Waals surface area (Å²) in [5, 5.41) is 11.6. The summed E-state index contributed by atoms with van der Waals surface area (Å²) in [4.78, 5) is 23.0. The number of anilines is 1. The predicted molar refractivity (Wildman–Crippen MR) is 97.8 cm³/mol. The van der Waals surface area contributed by atoms with Gasteiger partial charge in [-0.2, -0.15) is 0 Å². The minimum Gasteiger partial charge on any atom is -0.490 e. The Morgan fingerprint density at radius 2 is 1.76 bits per heavy atom. The second kappa shape index (κ2) is 8.49. The average Bonchev–Trinajstić information content (AvgIpc) is 2.61. The van der Waals surface area contributed by atoms with Gasteiger partial charge in [-0.15, -0.1) is 0 Å². The van der Waals surface area contributed by atoms with E-state index in [1.165, 1.54) is 12.1 Å². The average molecular weight is 337 g/mol. The largest absolute Gasteiger partial charge is 0.490 e. The number of ether oxygens (including phenoxy) is 1. The molecule has 0 heterocycles. The smallest absolute Gasteiger partial charge is 0.335 e. The van der Waals surface area contributed by atoms with Gasteiger partial charge in [0.25, 0.3) is 5.91 Å². The number of hydrogen-bond donors (Lipinski definition) is 2. The molecule has 0 spiro atoms. The number of benzene rings is 2. The zero-order chi connectivity index (χ0) is 18.2. The summed E-state index contributed by atoms with van der Waals surface area (Å²) in [7, 11) is 0. The first-order chi connectivity index (χ1) is 12.0. The Labute approximate surface area is 146 Å². The van der Waals surface area contributed by atoms with Crippen LogP contribution in [0.5, 0.6) is 5.75 Å². The molecule has 5 nitrogen and oxygen atoms in total. The second-order valence-corrected chi connectivity index (χ2v) is 5.33. The molecular weight excluding hydrogens is 318 g/mol. The number of aromatic carboxylic acids is 1. The lowest BCUT2D eigenvalue weighted by molar-refractivity contribution is -0.112. The van der Waals surface area contributed by atoms with Gasteiger partial charge in [0.2, 0.25) is 0 Å². The minimum absolute atomic E-state index is 0.170. The summed E-state index contributed by atoms with van der Waals surface area (Å²) in [5.41, 5.74) is 2.11. The molecule has 0 radical (unpaired) electrons. The molecule has 2 rings (SSSR count). The highest BCUT2D eigenvalue weighted by molar-refractivity contribution is 6.06. The van der Waals surface area contributed by atoms with Crippen LogP contribution in [0.3, 0.4) is 0 Å². The lowest BCUT2D eigenvalue weighted by Gasteiger charge is -2.07. The first-order valence-corrected chi connectivity index (χ1v) is 7.66. The molecule has 128 valence electrons. The van der Waals surface area contributed by atoms with Crippen molar-refractivity contribution >= 4 is 23.6 Å². The monoisotopic (exact) mass is 337 g/mol. The maximum atomic E-state index is 12.2. The van der Waals surface area contributed by atoms with E-state index in [1.807, 2.05) is 24.3 Å². The van der Waals surface area contributed by atoms with Crippen molar-refractivity contribution in [1.82, 2.24) is 0 Å². The molecule has 0 unspecified atom stereocenters. The molecule has 0 aliphatic heterocycles. The third-order valence-electron chi connectivity index (χ3n) is 3.38. The zero-order valence-electron chi connectivity index (χ0n) is 13.9. The molecule has 5 heteroatoms. The molecule has 2 N–H and O–H groups in total. The van der Waals surface area contributed by atoms with Gasteiger partial charge in [0.15, 0.2) is 0 Å². The number of carbonyl (C=O) groups excluding carboxylic acids is 1. The van der Waals surface area contributed by atoms with Gasteiger partial charge in [-0.3, -0.25) is 4.79 Å². The van der Waals surface area contributed by atoms with Crippen molar-refractivity contribution in [2.45, 2.75) is 6.92 Å². The second-order valence-electron chi connectivity index (χ2n) is 5.33. The van der Waals surface area contributed by atoms with Crippen LogP contribution < -0.4 is 10.1 Å². The Balaban J connectivity index is 2.01. The van der Waals surface area contributed by atoms with E-state index >= 15 is 0 Å². The van der Waals surface area contributed by atoms with Crippen LogP contribution >= 0.6 is 0 Å². The Morgan fingerprint density at radius 3 is 2.32 bits per heavy atom. The van der Waals surface area contributed by atoms with Gasteiger partial charge in [-0.05, 0) is 55.0 Å². The highest BCUT2D eigenvalue weighted by Crippen LogP contribution is 2.16. The van der Waals surface area contributed by atoms with E-state index in [1.54, 1.807) is 31.2 Å². The maximum absolute atomic E-state index is 12.2. The third-order valence-corrected chi connectivity index (χ3v) is 3.38. The molecule has 0 saturated heterocycles. The number of rotatable bonds is 7. The van der Waals surface area contributed by atoms with Crippen molar-refractivity contribution in [1.29, 1.82) is 0 Å². The fourth-order valence-corrected chi connectivity index (χ4v) is 2.06. The fraction of sp³-hybridized carbons (Fsp3) is 0.100. The van der Waals surface area contributed by atoms with Gasteiger partial charge < -0.3 is 15.2 Å². The maximum Gasteiger partial charge on any atom is 0.335 e. The summed E-state index contributed by atoms with van der Waals surface area (Å²) in [6, 6.07) is 13.4. The lowest BCUT2D eigenvalue weighted by atomic mass is 10.1. The molecule has 1 amide bonds. The molecule has 25 heavy (non-hydrogen) atoms. The van der Waals surface area contributed by atoms with E-state index in [2.05, 4.69) is 11.9 Å². The highest BCUT2D eigenvalue weighted by atomic mass is 16.5. The summed E-state index contributed by atoms with van der Waals surface area (Å²) >= 11 is 0. The topological polar surface area (TPSA) is 75.6 Å². The van der Waals surface area contributed by atoms with Crippen LogP contribution in [0.25, 0.3) is 6.08 Å². The van der Waals surface area contributed by atoms with Gasteiger partial charge in [0, 0.05) is 11.3 Å². The van der Waals surface area contributed by atoms with Gasteiger partial charge in [-0.1, -0.05) is 24.8 Å². The summed E-state index contributed by atoms with van der Waals surface area (Å²) in [6.45, 7) is 5.74. The van der Waals surface area contributed by atoms with Crippen molar-refractivity contribution in [3.05, 3.63) is 77.9 Å². The normalized spacial score (nSPS) is 10.8. The molecule has 0 aromatic heterocycles. The van der Waals surface area contributed by atoms with E-state index in [4.69, 9.17) is 9.84 Å². The molecule has 0 saturated carbocycles. The molecule has 2 aromatic rings. The SMILES string of the molecule is C=CCOc1ccc(/C=C(\C)C(=O)Nc2ccc(C(=O)O)cc2)cc1. The van der Waals surface area contributed by atoms with Gasteiger partial charge >= 0.3 is 5.97 Å². The molecular formula is C20H19NO4. The number of hydrogen-bond acceptors (Lipinski definition) is 3. The molecule has 0 fully saturated rings. The van der Waals surface area contributed by atoms with Crippen LogP contribution in [0.1, 0.15) is 22.8 Å². The fourth-order valence-electron chi connectivity index (χ4n) is 2.06. The van der Waals surface area contributed by atoms with Crippen LogP contribution in [-0.2, 0) is 4.79 Å². The van der Waals surface area contributed by atoms with Crippen LogP contribution in [0, 0.1) is 0 Å². The first-order valence-electron chi connectivity index (χ1n) is 7.66. The number of carbonyl (C=O) groups is 2. The van der Waals surface area contributed by atoms with E-state index in [-0.39, 0.29) is 11.5 Å². The van der Waals surface area contributed by atoms with Crippen LogP contribution in [0.15, 0.2) is 66.8 Å². The first kappa shape index (κ1) is 18.0. The third kappa shape index (κ3) is 5.35. The molecule has 0 aliphatic carbocycles. The van der Waals surface area contributed by atoms with E-state index in [0.717, 1.165) is 11.3 Å². The number of nitrogens with one attached hydrogen (secondary N) is 1. The Hall–Kier alpha value is -3.34. The summed E-state index contributed by atoms with van der Waals surface area (Å²) in [5.74, 6) is -0.526. The van der Waals surface area contributed by atoms with Gasteiger partial charge in [-0.25, -0.2) is 4.79 Å². The Kier molecular flexibility index (Phi) is 6.12. The van der Waals surface area contributed by atoms with Crippen molar-refractivity contribution in [2.75, 3.05) is 11.9 Å². The van der Waals surface area contributed by atoms with E-state index in [0.29, 0.717) is 17.9 Å².